The van der Waals surface area contributed by atoms with Crippen LogP contribution in [0, 0.1) is 5.95 Å². The van der Waals surface area contributed by atoms with Crippen LogP contribution >= 0.6 is 22.9 Å². The van der Waals surface area contributed by atoms with Crippen LogP contribution < -0.4 is 4.72 Å². The molecule has 144 valence electrons. The van der Waals surface area contributed by atoms with Crippen LogP contribution in [0.1, 0.15) is 31.2 Å². The molecule has 3 aromatic heterocycles. The Morgan fingerprint density at radius 3 is 2.67 bits per heavy atom. The van der Waals surface area contributed by atoms with Gasteiger partial charge in [0.25, 0.3) is 6.43 Å². The van der Waals surface area contributed by atoms with Gasteiger partial charge in [-0.05, 0) is 25.8 Å². The third-order valence-electron chi connectivity index (χ3n) is 4.13. The first-order valence-electron chi connectivity index (χ1n) is 7.63. The van der Waals surface area contributed by atoms with Crippen LogP contribution in [0.3, 0.4) is 0 Å². The topological polar surface area (TPSA) is 89.2 Å². The van der Waals surface area contributed by atoms with Gasteiger partial charge in [-0.25, -0.2) is 21.9 Å². The molecule has 0 spiro atoms. The summed E-state index contributed by atoms with van der Waals surface area (Å²) >= 11 is 6.60. The molecule has 0 saturated heterocycles. The van der Waals surface area contributed by atoms with Gasteiger partial charge in [0.15, 0.2) is 15.8 Å². The van der Waals surface area contributed by atoms with E-state index in [9.17, 15) is 21.6 Å². The first-order valence-corrected chi connectivity index (χ1v) is 10.3. The highest BCUT2D eigenvalue weighted by molar-refractivity contribution is 7.89. The van der Waals surface area contributed by atoms with Crippen molar-refractivity contribution >= 4 is 38.5 Å². The van der Waals surface area contributed by atoms with E-state index in [0.29, 0.717) is 24.2 Å². The maximum atomic E-state index is 14.3. The maximum absolute atomic E-state index is 14.3. The van der Waals surface area contributed by atoms with Crippen LogP contribution in [0.5, 0.6) is 0 Å². The van der Waals surface area contributed by atoms with Crippen LogP contribution in [0.4, 0.5) is 13.2 Å². The SMILES string of the molecule is CC1(NS(=O)(=O)c2cc(Cl)c3c(F)nc(-c4nnc(C(F)F)s4)n3c2)CC1. The van der Waals surface area contributed by atoms with Gasteiger partial charge in [-0.2, -0.15) is 9.37 Å². The molecule has 7 nitrogen and oxygen atoms in total. The average Bonchev–Trinajstić information content (AvgIpc) is 2.99. The van der Waals surface area contributed by atoms with Crippen LogP contribution in [0.15, 0.2) is 17.2 Å². The molecule has 13 heteroatoms. The number of sulfonamides is 1. The zero-order valence-corrected chi connectivity index (χ0v) is 16.0. The molecule has 1 fully saturated rings. The highest BCUT2D eigenvalue weighted by Crippen LogP contribution is 2.37. The zero-order chi connectivity index (χ0) is 19.6. The Bertz CT molecular complexity index is 1160. The van der Waals surface area contributed by atoms with Crippen molar-refractivity contribution in [2.24, 2.45) is 0 Å². The summed E-state index contributed by atoms with van der Waals surface area (Å²) in [6.07, 6.45) is -0.303. The fraction of sp³-hybridized carbons (Fsp3) is 0.357. The van der Waals surface area contributed by atoms with Crippen LogP contribution in [-0.4, -0.2) is 33.5 Å². The predicted molar refractivity (Wildman–Crippen MR) is 92.0 cm³/mol. The zero-order valence-electron chi connectivity index (χ0n) is 13.6. The Kier molecular flexibility index (Phi) is 4.22. The van der Waals surface area contributed by atoms with Crippen molar-refractivity contribution in [3.63, 3.8) is 0 Å². The molecule has 0 atom stereocenters. The number of imidazole rings is 1. The molecule has 1 saturated carbocycles. The first kappa shape index (κ1) is 18.6. The summed E-state index contributed by atoms with van der Waals surface area (Å²) in [5.74, 6) is -1.14. The van der Waals surface area contributed by atoms with Crippen molar-refractivity contribution in [3.05, 3.63) is 28.2 Å². The monoisotopic (exact) mass is 437 g/mol. The molecule has 0 radical (unpaired) electrons. The number of aromatic nitrogens is 4. The summed E-state index contributed by atoms with van der Waals surface area (Å²) in [7, 11) is -3.93. The van der Waals surface area contributed by atoms with Crippen molar-refractivity contribution in [2.45, 2.75) is 36.6 Å². The minimum absolute atomic E-state index is 0.0862. The normalized spacial score (nSPS) is 16.4. The Balaban J connectivity index is 1.87. The number of pyridine rings is 1. The van der Waals surface area contributed by atoms with Crippen molar-refractivity contribution in [1.82, 2.24) is 24.3 Å². The van der Waals surface area contributed by atoms with Gasteiger partial charge < -0.3 is 0 Å². The van der Waals surface area contributed by atoms with Crippen molar-refractivity contribution in [1.29, 1.82) is 0 Å². The van der Waals surface area contributed by atoms with Gasteiger partial charge in [0.2, 0.25) is 16.0 Å². The average molecular weight is 438 g/mol. The maximum Gasteiger partial charge on any atom is 0.291 e. The fourth-order valence-electron chi connectivity index (χ4n) is 2.49. The van der Waals surface area contributed by atoms with E-state index in [0.717, 1.165) is 16.7 Å². The molecule has 1 aliphatic rings. The van der Waals surface area contributed by atoms with Gasteiger partial charge in [-0.3, -0.25) is 4.40 Å². The molecule has 0 bridgehead atoms. The third-order valence-corrected chi connectivity index (χ3v) is 6.95. The molecular weight excluding hydrogens is 427 g/mol. The summed E-state index contributed by atoms with van der Waals surface area (Å²) < 4.78 is 68.6. The lowest BCUT2D eigenvalue weighted by Crippen LogP contribution is -2.34. The number of nitrogens with one attached hydrogen (secondary N) is 1. The Morgan fingerprint density at radius 1 is 1.37 bits per heavy atom. The van der Waals surface area contributed by atoms with E-state index in [2.05, 4.69) is 19.9 Å². The Hall–Kier alpha value is -1.76. The molecule has 0 amide bonds. The molecule has 1 N–H and O–H groups in total. The van der Waals surface area contributed by atoms with E-state index < -0.39 is 32.9 Å². The standard InChI is InChI=1S/C14H11ClF3N5O2S2/c1-14(2-3-14)22-27(24,25)6-4-7(15)8-10(18)19-11(23(8)5-6)13-21-20-12(26-13)9(16)17/h4-5,9,22H,2-3H2,1H3. The lowest BCUT2D eigenvalue weighted by atomic mass is 10.4. The minimum Gasteiger partial charge on any atom is -0.292 e. The number of nitrogens with zero attached hydrogens (tertiary/aromatic N) is 4. The Morgan fingerprint density at radius 2 is 2.07 bits per heavy atom. The van der Waals surface area contributed by atoms with Crippen molar-refractivity contribution in [2.75, 3.05) is 0 Å². The summed E-state index contributed by atoms with van der Waals surface area (Å²) in [5, 5.41) is 6.10. The minimum atomic E-state index is -3.93. The Labute approximate surface area is 160 Å². The predicted octanol–water partition coefficient (Wildman–Crippen LogP) is 3.41. The van der Waals surface area contributed by atoms with Gasteiger partial charge in [0.1, 0.15) is 10.4 Å². The number of rotatable bonds is 5. The lowest BCUT2D eigenvalue weighted by molar-refractivity contribution is 0.150. The van der Waals surface area contributed by atoms with Crippen LogP contribution in [-0.2, 0) is 10.0 Å². The highest BCUT2D eigenvalue weighted by Gasteiger charge is 2.41. The van der Waals surface area contributed by atoms with Crippen LogP contribution in [0.2, 0.25) is 5.02 Å². The first-order chi connectivity index (χ1) is 12.6. The number of alkyl halides is 2. The van der Waals surface area contributed by atoms with Crippen molar-refractivity contribution in [3.8, 4) is 10.8 Å². The molecular formula is C14H11ClF3N5O2S2. The summed E-state index contributed by atoms with van der Waals surface area (Å²) in [4.78, 5) is 3.46. The van der Waals surface area contributed by atoms with E-state index in [1.165, 1.54) is 0 Å². The molecule has 0 aromatic carbocycles. The summed E-state index contributed by atoms with van der Waals surface area (Å²) in [6.45, 7) is 1.76. The molecule has 0 aliphatic heterocycles. The van der Waals surface area contributed by atoms with Gasteiger partial charge in [0.05, 0.1) is 5.02 Å². The van der Waals surface area contributed by atoms with Gasteiger partial charge in [-0.15, -0.1) is 10.2 Å². The summed E-state index contributed by atoms with van der Waals surface area (Å²) in [6, 6.07) is 1.12. The lowest BCUT2D eigenvalue weighted by Gasteiger charge is -2.13. The molecule has 1 aliphatic carbocycles. The molecule has 4 rings (SSSR count). The van der Waals surface area contributed by atoms with E-state index in [-0.39, 0.29) is 26.3 Å². The van der Waals surface area contributed by atoms with E-state index in [4.69, 9.17) is 11.6 Å². The van der Waals surface area contributed by atoms with E-state index in [1.807, 2.05) is 0 Å². The van der Waals surface area contributed by atoms with Crippen LogP contribution in [0.25, 0.3) is 16.3 Å². The molecule has 3 aromatic rings. The number of hydrogen-bond donors (Lipinski definition) is 1. The second kappa shape index (κ2) is 6.12. The quantitative estimate of drug-likeness (QED) is 0.660. The van der Waals surface area contributed by atoms with Crippen molar-refractivity contribution < 1.29 is 21.6 Å². The molecule has 3 heterocycles. The second-order valence-electron chi connectivity index (χ2n) is 6.38. The largest absolute Gasteiger partial charge is 0.292 e. The third kappa shape index (κ3) is 3.30. The molecule has 0 unspecified atom stereocenters. The number of fused-ring (bicyclic) bond motifs is 1. The van der Waals surface area contributed by atoms with E-state index >= 15 is 0 Å². The summed E-state index contributed by atoms with van der Waals surface area (Å²) in [5.41, 5.74) is -0.702. The van der Waals surface area contributed by atoms with E-state index in [1.54, 1.807) is 6.92 Å². The number of halogens is 4. The van der Waals surface area contributed by atoms with Gasteiger partial charge in [0, 0.05) is 11.7 Å². The van der Waals surface area contributed by atoms with Gasteiger partial charge in [-0.1, -0.05) is 22.9 Å². The fourth-order valence-corrected chi connectivity index (χ4v) is 5.01. The van der Waals surface area contributed by atoms with Gasteiger partial charge >= 0.3 is 0 Å². The number of hydrogen-bond acceptors (Lipinski definition) is 6. The second-order valence-corrected chi connectivity index (χ2v) is 9.48. The molecule has 27 heavy (non-hydrogen) atoms. The highest BCUT2D eigenvalue weighted by atomic mass is 35.5. The smallest absolute Gasteiger partial charge is 0.291 e.